The van der Waals surface area contributed by atoms with E-state index >= 15 is 0 Å². The van der Waals surface area contributed by atoms with Gasteiger partial charge in [0, 0.05) is 30.4 Å². The van der Waals surface area contributed by atoms with Gasteiger partial charge in [-0.2, -0.15) is 0 Å². The van der Waals surface area contributed by atoms with Crippen molar-refractivity contribution in [3.8, 4) is 0 Å². The molecule has 0 aromatic rings. The van der Waals surface area contributed by atoms with Crippen molar-refractivity contribution in [1.29, 1.82) is 0 Å². The lowest BCUT2D eigenvalue weighted by Gasteiger charge is -2.66. The van der Waals surface area contributed by atoms with Gasteiger partial charge in [0.25, 0.3) is 0 Å². The molecule has 4 heterocycles. The third-order valence-electron chi connectivity index (χ3n) is 13.0. The molecular formula is C32H48O7. The van der Waals surface area contributed by atoms with Crippen LogP contribution in [-0.4, -0.2) is 67.2 Å². The predicted molar refractivity (Wildman–Crippen MR) is 144 cm³/mol. The van der Waals surface area contributed by atoms with E-state index in [9.17, 15) is 9.90 Å². The van der Waals surface area contributed by atoms with Gasteiger partial charge in [0.05, 0.1) is 30.0 Å². The maximum absolute atomic E-state index is 12.0. The van der Waals surface area contributed by atoms with Crippen molar-refractivity contribution in [2.24, 2.45) is 34.0 Å². The van der Waals surface area contributed by atoms with Gasteiger partial charge in [-0.3, -0.25) is 0 Å². The van der Waals surface area contributed by atoms with Gasteiger partial charge in [-0.05, 0) is 100 Å². The van der Waals surface area contributed by atoms with Crippen molar-refractivity contribution in [2.75, 3.05) is 13.7 Å². The van der Waals surface area contributed by atoms with E-state index in [2.05, 4.69) is 20.8 Å². The monoisotopic (exact) mass is 544 g/mol. The first-order valence-electron chi connectivity index (χ1n) is 15.6. The maximum Gasteiger partial charge on any atom is 0.331 e. The summed E-state index contributed by atoms with van der Waals surface area (Å²) in [4.78, 5) is 12.0. The average Bonchev–Trinajstić information content (AvgIpc) is 3.45. The van der Waals surface area contributed by atoms with Gasteiger partial charge in [-0.15, -0.1) is 0 Å². The molecule has 1 N–H and O–H groups in total. The second kappa shape index (κ2) is 9.00. The number of ether oxygens (including phenoxy) is 5. The van der Waals surface area contributed by atoms with Gasteiger partial charge >= 0.3 is 5.97 Å². The molecule has 13 unspecified atom stereocenters. The molecule has 0 radical (unpaired) electrons. The molecule has 0 aromatic carbocycles. The third-order valence-corrected chi connectivity index (χ3v) is 13.0. The van der Waals surface area contributed by atoms with E-state index in [4.69, 9.17) is 23.7 Å². The Balaban J connectivity index is 1.10. The quantitative estimate of drug-likeness (QED) is 0.397. The molecule has 6 fully saturated rings. The van der Waals surface area contributed by atoms with Crippen LogP contribution in [0.2, 0.25) is 0 Å². The highest BCUT2D eigenvalue weighted by Gasteiger charge is 2.73. The van der Waals surface area contributed by atoms with Crippen molar-refractivity contribution in [1.82, 2.24) is 0 Å². The number of hydrogen-bond donors (Lipinski definition) is 1. The molecule has 3 saturated carbocycles. The summed E-state index contributed by atoms with van der Waals surface area (Å²) < 4.78 is 30.6. The SMILES string of the molecule is COC1CC(OC2CCC3(C)C(CCC45CC6(C)CC(C7=CC(=O)OC7)C(C)(CCC34)C5O6)C2)OC(C)C1O. The second-order valence-electron chi connectivity index (χ2n) is 15.1. The molecule has 7 aliphatic rings. The molecule has 218 valence electrons. The minimum absolute atomic E-state index is 0.0628. The number of carbonyl (C=O) groups excluding carboxylic acids is 1. The van der Waals surface area contributed by atoms with Crippen molar-refractivity contribution in [3.05, 3.63) is 11.6 Å². The highest BCUT2D eigenvalue weighted by molar-refractivity contribution is 5.85. The Kier molecular flexibility index (Phi) is 6.21. The second-order valence-corrected chi connectivity index (χ2v) is 15.1. The number of esters is 1. The Morgan fingerprint density at radius 1 is 1.05 bits per heavy atom. The lowest BCUT2D eigenvalue weighted by molar-refractivity contribution is -0.274. The number of cyclic esters (lactones) is 1. The molecule has 7 rings (SSSR count). The number of hydrogen-bond acceptors (Lipinski definition) is 7. The largest absolute Gasteiger partial charge is 0.458 e. The summed E-state index contributed by atoms with van der Waals surface area (Å²) in [5.74, 6) is 1.51. The number of methoxy groups -OCH3 is 1. The molecule has 7 heteroatoms. The molecule has 13 atom stereocenters. The zero-order valence-corrected chi connectivity index (χ0v) is 24.4. The fourth-order valence-corrected chi connectivity index (χ4v) is 11.3. The maximum atomic E-state index is 12.0. The first-order chi connectivity index (χ1) is 18.5. The van der Waals surface area contributed by atoms with E-state index in [0.717, 1.165) is 32.1 Å². The van der Waals surface area contributed by atoms with Crippen LogP contribution in [0.3, 0.4) is 0 Å². The number of rotatable bonds is 4. The zero-order chi connectivity index (χ0) is 27.4. The summed E-state index contributed by atoms with van der Waals surface area (Å²) in [6.45, 7) is 9.76. The van der Waals surface area contributed by atoms with Crippen molar-refractivity contribution < 1.29 is 33.6 Å². The van der Waals surface area contributed by atoms with Crippen LogP contribution in [0.5, 0.6) is 0 Å². The van der Waals surface area contributed by atoms with Crippen LogP contribution in [0.15, 0.2) is 11.6 Å². The minimum atomic E-state index is -0.608. The van der Waals surface area contributed by atoms with Crippen LogP contribution >= 0.6 is 0 Å². The normalized spacial score (nSPS) is 56.4. The predicted octanol–water partition coefficient (Wildman–Crippen LogP) is 4.94. The Hall–Kier alpha value is -0.990. The van der Waals surface area contributed by atoms with Crippen LogP contribution in [-0.2, 0) is 28.5 Å². The van der Waals surface area contributed by atoms with Crippen LogP contribution in [0.25, 0.3) is 0 Å². The van der Waals surface area contributed by atoms with Crippen LogP contribution < -0.4 is 0 Å². The fourth-order valence-electron chi connectivity index (χ4n) is 11.3. The van der Waals surface area contributed by atoms with Gasteiger partial charge in [0.15, 0.2) is 6.29 Å². The molecule has 1 spiro atoms. The molecule has 7 nitrogen and oxygen atoms in total. The van der Waals surface area contributed by atoms with E-state index in [-0.39, 0.29) is 53.1 Å². The van der Waals surface area contributed by atoms with E-state index < -0.39 is 6.10 Å². The first kappa shape index (κ1) is 26.9. The Morgan fingerprint density at radius 2 is 1.85 bits per heavy atom. The van der Waals surface area contributed by atoms with E-state index in [0.29, 0.717) is 36.2 Å². The van der Waals surface area contributed by atoms with Gasteiger partial charge < -0.3 is 28.8 Å². The standard InChI is InChI=1S/C32H48O7/c1-18-27(34)23(35-5)14-26(37-18)38-21-7-9-30(3)20(13-21)6-11-32-17-29(2)15-22(19-12-25(33)36-16-19)31(4,28(32)39-29)10-8-24(30)32/h12,18,20-24,26-28,34H,6-11,13-17H2,1-5H3. The molecule has 39 heavy (non-hydrogen) atoms. The van der Waals surface area contributed by atoms with Gasteiger partial charge in [-0.1, -0.05) is 13.8 Å². The minimum Gasteiger partial charge on any atom is -0.458 e. The zero-order valence-electron chi connectivity index (χ0n) is 24.4. The van der Waals surface area contributed by atoms with Crippen molar-refractivity contribution in [2.45, 2.75) is 134 Å². The molecule has 0 aromatic heterocycles. The summed E-state index contributed by atoms with van der Waals surface area (Å²) in [5, 5.41) is 10.4. The first-order valence-corrected chi connectivity index (χ1v) is 15.6. The molecule has 3 aliphatic carbocycles. The number of aliphatic hydroxyl groups excluding tert-OH is 1. The Morgan fingerprint density at radius 3 is 2.59 bits per heavy atom. The molecule has 0 amide bonds. The van der Waals surface area contributed by atoms with Crippen LogP contribution in [0.1, 0.15) is 91.9 Å². The summed E-state index contributed by atoms with van der Waals surface area (Å²) in [6.07, 6.45) is 11.7. The lowest BCUT2D eigenvalue weighted by atomic mass is 9.40. The average molecular weight is 545 g/mol. The summed E-state index contributed by atoms with van der Waals surface area (Å²) in [6, 6.07) is 0. The van der Waals surface area contributed by atoms with E-state index in [1.54, 1.807) is 13.2 Å². The highest BCUT2D eigenvalue weighted by atomic mass is 16.7. The summed E-state index contributed by atoms with van der Waals surface area (Å²) in [5.41, 5.74) is 1.67. The van der Waals surface area contributed by atoms with Gasteiger partial charge in [0.2, 0.25) is 0 Å². The van der Waals surface area contributed by atoms with E-state index in [1.807, 2.05) is 6.92 Å². The number of aliphatic hydroxyl groups is 1. The van der Waals surface area contributed by atoms with Gasteiger partial charge in [-0.25, -0.2) is 4.79 Å². The van der Waals surface area contributed by atoms with E-state index in [1.165, 1.54) is 31.3 Å². The summed E-state index contributed by atoms with van der Waals surface area (Å²) in [7, 11) is 1.66. The van der Waals surface area contributed by atoms with Crippen LogP contribution in [0.4, 0.5) is 0 Å². The van der Waals surface area contributed by atoms with Crippen molar-refractivity contribution >= 4 is 5.97 Å². The number of fused-ring (bicyclic) bond motifs is 3. The molecule has 2 bridgehead atoms. The molecule has 3 saturated heterocycles. The number of carbonyl (C=O) groups is 1. The molecule has 4 aliphatic heterocycles. The Labute approximate surface area is 233 Å². The van der Waals surface area contributed by atoms with Crippen molar-refractivity contribution in [3.63, 3.8) is 0 Å². The topological polar surface area (TPSA) is 83.5 Å². The lowest BCUT2D eigenvalue weighted by Crippen LogP contribution is -2.63. The highest BCUT2D eigenvalue weighted by Crippen LogP contribution is 2.75. The third kappa shape index (κ3) is 3.89. The fraction of sp³-hybridized carbons (Fsp3) is 0.906. The Bertz CT molecular complexity index is 1040. The smallest absolute Gasteiger partial charge is 0.331 e. The van der Waals surface area contributed by atoms with Crippen LogP contribution in [0, 0.1) is 34.0 Å². The van der Waals surface area contributed by atoms with Gasteiger partial charge in [0.1, 0.15) is 12.7 Å². The summed E-state index contributed by atoms with van der Waals surface area (Å²) >= 11 is 0. The molecular weight excluding hydrogens is 496 g/mol.